The number of hydrogen-bond acceptors (Lipinski definition) is 6. The number of non-ortho nitro benzene ring substituents is 1. The minimum Gasteiger partial charge on any atom is -0.306 e. The number of nitro groups is 1. The number of ketones is 1. The lowest BCUT2D eigenvalue weighted by Gasteiger charge is -2.44. The Morgan fingerprint density at radius 3 is 2.16 bits per heavy atom. The molecule has 0 aliphatic carbocycles. The van der Waals surface area contributed by atoms with Crippen LogP contribution in [0.3, 0.4) is 0 Å². The van der Waals surface area contributed by atoms with Gasteiger partial charge in [-0.15, -0.1) is 0 Å². The number of benzene rings is 3. The van der Waals surface area contributed by atoms with Gasteiger partial charge in [0, 0.05) is 29.8 Å². The predicted molar refractivity (Wildman–Crippen MR) is 117 cm³/mol. The summed E-state index contributed by atoms with van der Waals surface area (Å²) in [6.07, 6.45) is 0.220. The number of amides is 1. The molecule has 1 spiro atoms. The molecular weight excluding hydrogens is 410 g/mol. The highest BCUT2D eigenvalue weighted by molar-refractivity contribution is 6.09. The number of hydroxylamine groups is 1. The molecule has 2 aliphatic heterocycles. The van der Waals surface area contributed by atoms with Crippen molar-refractivity contribution in [3.63, 3.8) is 0 Å². The van der Waals surface area contributed by atoms with E-state index in [1.54, 1.807) is 41.5 Å². The highest BCUT2D eigenvalue weighted by atomic mass is 16.7. The molecule has 3 aromatic carbocycles. The predicted octanol–water partition coefficient (Wildman–Crippen LogP) is 3.77. The number of nitro benzene ring substituents is 1. The third-order valence-electron chi connectivity index (χ3n) is 5.87. The fraction of sp³-hybridized carbons (Fsp3) is 0.167. The van der Waals surface area contributed by atoms with Crippen LogP contribution in [0.4, 0.5) is 17.1 Å². The maximum atomic E-state index is 13.3. The van der Waals surface area contributed by atoms with Gasteiger partial charge in [-0.1, -0.05) is 48.5 Å². The van der Waals surface area contributed by atoms with Crippen LogP contribution in [0.5, 0.6) is 0 Å². The van der Waals surface area contributed by atoms with E-state index in [9.17, 15) is 19.7 Å². The van der Waals surface area contributed by atoms with Crippen molar-refractivity contribution >= 4 is 28.8 Å². The average molecular weight is 429 g/mol. The molecule has 2 aliphatic rings. The Labute approximate surface area is 183 Å². The van der Waals surface area contributed by atoms with Gasteiger partial charge in [0.25, 0.3) is 11.6 Å². The van der Waals surface area contributed by atoms with E-state index in [2.05, 4.69) is 0 Å². The Bertz CT molecular complexity index is 1180. The van der Waals surface area contributed by atoms with Crippen LogP contribution in [-0.2, 0) is 9.63 Å². The third-order valence-corrected chi connectivity index (χ3v) is 5.87. The average Bonchev–Trinajstić information content (AvgIpc) is 3.26. The van der Waals surface area contributed by atoms with E-state index in [4.69, 9.17) is 4.84 Å². The molecule has 8 nitrogen and oxygen atoms in total. The van der Waals surface area contributed by atoms with Crippen molar-refractivity contribution in [1.29, 1.82) is 0 Å². The Hall–Kier alpha value is -4.04. The van der Waals surface area contributed by atoms with E-state index in [-0.39, 0.29) is 30.3 Å². The van der Waals surface area contributed by atoms with Crippen LogP contribution >= 0.6 is 0 Å². The maximum Gasteiger partial charge on any atom is 0.269 e. The van der Waals surface area contributed by atoms with Gasteiger partial charge in [0.05, 0.1) is 17.2 Å². The van der Waals surface area contributed by atoms with Gasteiger partial charge in [-0.25, -0.2) is 5.06 Å². The summed E-state index contributed by atoms with van der Waals surface area (Å²) in [6, 6.07) is 23.3. The lowest BCUT2D eigenvalue weighted by Crippen LogP contribution is -2.67. The van der Waals surface area contributed by atoms with E-state index in [0.717, 1.165) is 0 Å². The lowest BCUT2D eigenvalue weighted by atomic mass is 9.84. The zero-order chi connectivity index (χ0) is 22.3. The minimum atomic E-state index is -1.15. The third kappa shape index (κ3) is 3.21. The normalized spacial score (nSPS) is 22.1. The number of Topliss-reactive ketones (excluding diaryl/α,β-unsaturated/α-hetero) is 1. The van der Waals surface area contributed by atoms with Crippen molar-refractivity contribution < 1.29 is 19.3 Å². The zero-order valence-electron chi connectivity index (χ0n) is 17.0. The molecular formula is C24H19N3O5. The van der Waals surface area contributed by atoms with Crippen LogP contribution in [0.2, 0.25) is 0 Å². The van der Waals surface area contributed by atoms with Gasteiger partial charge in [-0.05, 0) is 24.3 Å². The van der Waals surface area contributed by atoms with Crippen molar-refractivity contribution in [3.05, 3.63) is 101 Å². The first kappa shape index (κ1) is 19.9. The molecule has 0 N–H and O–H groups in total. The standard InChI is InChI=1S/C24H19N3O5/c28-22(17-7-3-1-4-8-17)21-15-24(32-26(21)19-9-5-2-6-10-19)16-25(23(24)29)18-11-13-20(14-12-18)27(30)31/h1-14,21H,15-16H2. The van der Waals surface area contributed by atoms with Gasteiger partial charge >= 0.3 is 0 Å². The second-order valence-electron chi connectivity index (χ2n) is 7.86. The van der Waals surface area contributed by atoms with E-state index < -0.39 is 16.6 Å². The first-order chi connectivity index (χ1) is 15.5. The number of rotatable bonds is 5. The molecule has 0 bridgehead atoms. The molecule has 1 amide bonds. The van der Waals surface area contributed by atoms with E-state index in [1.165, 1.54) is 17.0 Å². The van der Waals surface area contributed by atoms with Crippen LogP contribution in [0.1, 0.15) is 16.8 Å². The van der Waals surface area contributed by atoms with Gasteiger partial charge in [0.2, 0.25) is 0 Å². The van der Waals surface area contributed by atoms with Gasteiger partial charge in [0.1, 0.15) is 6.04 Å². The first-order valence-corrected chi connectivity index (χ1v) is 10.2. The minimum absolute atomic E-state index is 0.0441. The summed E-state index contributed by atoms with van der Waals surface area (Å²) in [7, 11) is 0. The van der Waals surface area contributed by atoms with Crippen LogP contribution in [0, 0.1) is 10.1 Å². The molecule has 3 aromatic rings. The summed E-state index contributed by atoms with van der Waals surface area (Å²) in [4.78, 5) is 44.6. The molecule has 160 valence electrons. The fourth-order valence-corrected chi connectivity index (χ4v) is 4.22. The highest BCUT2D eigenvalue weighted by Gasteiger charge is 2.62. The molecule has 2 heterocycles. The molecule has 0 aromatic heterocycles. The van der Waals surface area contributed by atoms with Crippen molar-refractivity contribution in [1.82, 2.24) is 0 Å². The summed E-state index contributed by atoms with van der Waals surface area (Å²) in [5.74, 6) is -0.386. The van der Waals surface area contributed by atoms with E-state index >= 15 is 0 Å². The van der Waals surface area contributed by atoms with Crippen LogP contribution in [-0.4, -0.2) is 34.8 Å². The number of carbonyl (C=O) groups excluding carboxylic acids is 2. The van der Waals surface area contributed by atoms with Crippen molar-refractivity contribution in [2.45, 2.75) is 18.1 Å². The number of β-lactam (4-membered cyclic amide) rings is 1. The summed E-state index contributed by atoms with van der Waals surface area (Å²) in [5, 5.41) is 12.4. The zero-order valence-corrected chi connectivity index (χ0v) is 17.0. The number of nitrogens with zero attached hydrogens (tertiary/aromatic N) is 3. The van der Waals surface area contributed by atoms with Crippen molar-refractivity contribution in [2.75, 3.05) is 16.5 Å². The second-order valence-corrected chi connectivity index (χ2v) is 7.86. The van der Waals surface area contributed by atoms with E-state index in [0.29, 0.717) is 16.9 Å². The molecule has 0 radical (unpaired) electrons. The van der Waals surface area contributed by atoms with Gasteiger partial charge < -0.3 is 4.90 Å². The Morgan fingerprint density at radius 2 is 1.56 bits per heavy atom. The number of carbonyl (C=O) groups is 2. The number of anilines is 2. The summed E-state index contributed by atoms with van der Waals surface area (Å²) < 4.78 is 0. The molecule has 5 rings (SSSR count). The fourth-order valence-electron chi connectivity index (χ4n) is 4.22. The molecule has 32 heavy (non-hydrogen) atoms. The summed E-state index contributed by atoms with van der Waals surface area (Å²) >= 11 is 0. The van der Waals surface area contributed by atoms with Gasteiger partial charge in [-0.3, -0.25) is 24.5 Å². The smallest absolute Gasteiger partial charge is 0.269 e. The number of para-hydroxylation sites is 1. The summed E-state index contributed by atoms with van der Waals surface area (Å²) in [6.45, 7) is 0.256. The Morgan fingerprint density at radius 1 is 0.938 bits per heavy atom. The largest absolute Gasteiger partial charge is 0.306 e. The second kappa shape index (κ2) is 7.58. The van der Waals surface area contributed by atoms with Gasteiger partial charge in [0.15, 0.2) is 11.4 Å². The molecule has 2 unspecified atom stereocenters. The SMILES string of the molecule is O=C(c1ccccc1)C1CC2(CN(c3ccc([N+](=O)[O-])cc3)C2=O)ON1c1ccccc1. The molecule has 2 fully saturated rings. The molecule has 2 saturated heterocycles. The first-order valence-electron chi connectivity index (χ1n) is 10.2. The molecule has 0 saturated carbocycles. The van der Waals surface area contributed by atoms with Crippen molar-refractivity contribution in [3.8, 4) is 0 Å². The number of hydrogen-bond donors (Lipinski definition) is 0. The topological polar surface area (TPSA) is 93.0 Å². The molecule has 2 atom stereocenters. The molecule has 8 heteroatoms. The lowest BCUT2D eigenvalue weighted by molar-refractivity contribution is -0.384. The van der Waals surface area contributed by atoms with Crippen LogP contribution < -0.4 is 9.96 Å². The Kier molecular flexibility index (Phi) is 4.71. The van der Waals surface area contributed by atoms with Crippen LogP contribution in [0.15, 0.2) is 84.9 Å². The van der Waals surface area contributed by atoms with Gasteiger partial charge in [-0.2, -0.15) is 0 Å². The monoisotopic (exact) mass is 429 g/mol. The quantitative estimate of drug-likeness (QED) is 0.265. The van der Waals surface area contributed by atoms with Crippen molar-refractivity contribution in [2.24, 2.45) is 0 Å². The summed E-state index contributed by atoms with van der Waals surface area (Å²) in [5.41, 5.74) is 0.613. The highest BCUT2D eigenvalue weighted by Crippen LogP contribution is 2.44. The van der Waals surface area contributed by atoms with Crippen LogP contribution in [0.25, 0.3) is 0 Å². The van der Waals surface area contributed by atoms with E-state index in [1.807, 2.05) is 36.4 Å². The maximum absolute atomic E-state index is 13.3. The Balaban J connectivity index is 1.42.